The Bertz CT molecular complexity index is 1110. The van der Waals surface area contributed by atoms with Gasteiger partial charge in [-0.1, -0.05) is 18.2 Å². The van der Waals surface area contributed by atoms with Gasteiger partial charge in [0.15, 0.2) is 0 Å². The van der Waals surface area contributed by atoms with Crippen molar-refractivity contribution in [1.82, 2.24) is 14.8 Å². The van der Waals surface area contributed by atoms with E-state index in [0.717, 1.165) is 16.5 Å². The number of pyridine rings is 1. The van der Waals surface area contributed by atoms with Crippen molar-refractivity contribution in [3.8, 4) is 0 Å². The smallest absolute Gasteiger partial charge is 0.411 e. The number of morpholine rings is 2. The third kappa shape index (κ3) is 6.07. The van der Waals surface area contributed by atoms with Gasteiger partial charge in [0.25, 0.3) is 0 Å². The summed E-state index contributed by atoms with van der Waals surface area (Å²) in [5, 5.41) is 0.922. The van der Waals surface area contributed by atoms with Crippen molar-refractivity contribution >= 4 is 23.1 Å². The summed E-state index contributed by atoms with van der Waals surface area (Å²) in [4.78, 5) is 34.5. The summed E-state index contributed by atoms with van der Waals surface area (Å²) in [7, 11) is 0. The number of carbonyl (C=O) groups is 2. The molecule has 9 heteroatoms. The minimum Gasteiger partial charge on any atom is -0.444 e. The SMILES string of the molecule is CC(C)(C)OC(=O)N1CCOCC1c1cc(C2COCCN2C(=O)OC(C)(C)C)c2ccccc2n1. The fourth-order valence-electron chi connectivity index (χ4n) is 4.46. The van der Waals surface area contributed by atoms with Crippen LogP contribution in [-0.2, 0) is 18.9 Å². The van der Waals surface area contributed by atoms with Gasteiger partial charge in [-0.15, -0.1) is 0 Å². The zero-order valence-corrected chi connectivity index (χ0v) is 22.1. The molecular weight excluding hydrogens is 462 g/mol. The molecule has 0 aliphatic carbocycles. The van der Waals surface area contributed by atoms with E-state index in [1.165, 1.54) is 0 Å². The highest BCUT2D eigenvalue weighted by molar-refractivity contribution is 5.84. The van der Waals surface area contributed by atoms with E-state index in [4.69, 9.17) is 23.9 Å². The van der Waals surface area contributed by atoms with Crippen molar-refractivity contribution < 1.29 is 28.5 Å². The lowest BCUT2D eigenvalue weighted by Crippen LogP contribution is -2.46. The van der Waals surface area contributed by atoms with Gasteiger partial charge >= 0.3 is 12.2 Å². The van der Waals surface area contributed by atoms with E-state index in [9.17, 15) is 9.59 Å². The number of aromatic nitrogens is 1. The molecular formula is C27H37N3O6. The van der Waals surface area contributed by atoms with Crippen LogP contribution in [0, 0.1) is 0 Å². The lowest BCUT2D eigenvalue weighted by molar-refractivity contribution is -0.0348. The number of nitrogens with zero attached hydrogens (tertiary/aromatic N) is 3. The molecule has 9 nitrogen and oxygen atoms in total. The largest absolute Gasteiger partial charge is 0.444 e. The fraction of sp³-hybridized carbons (Fsp3) is 0.593. The standard InChI is InChI=1S/C27H37N3O6/c1-26(2,3)35-24(31)29-11-13-33-16-22(29)19-15-21(28-20-10-8-7-9-18(19)20)23-17-34-14-12-30(23)25(32)36-27(4,5)6/h7-10,15,22-23H,11-14,16-17H2,1-6H3. The molecule has 0 bridgehead atoms. The van der Waals surface area contributed by atoms with Crippen LogP contribution in [0.1, 0.15) is 64.9 Å². The van der Waals surface area contributed by atoms with E-state index < -0.39 is 23.3 Å². The van der Waals surface area contributed by atoms with Crippen molar-refractivity contribution in [3.63, 3.8) is 0 Å². The van der Waals surface area contributed by atoms with Gasteiger partial charge in [0.1, 0.15) is 17.2 Å². The lowest BCUT2D eigenvalue weighted by atomic mass is 9.97. The van der Waals surface area contributed by atoms with E-state index >= 15 is 0 Å². The zero-order valence-electron chi connectivity index (χ0n) is 22.1. The highest BCUT2D eigenvalue weighted by Gasteiger charge is 2.36. The maximum Gasteiger partial charge on any atom is 0.411 e. The van der Waals surface area contributed by atoms with Crippen LogP contribution >= 0.6 is 0 Å². The van der Waals surface area contributed by atoms with Gasteiger partial charge in [0, 0.05) is 18.5 Å². The predicted molar refractivity (Wildman–Crippen MR) is 135 cm³/mol. The quantitative estimate of drug-likeness (QED) is 0.583. The molecule has 2 fully saturated rings. The van der Waals surface area contributed by atoms with Crippen LogP contribution in [0.15, 0.2) is 30.3 Å². The highest BCUT2D eigenvalue weighted by Crippen LogP contribution is 2.35. The van der Waals surface area contributed by atoms with Crippen LogP contribution < -0.4 is 0 Å². The Hall–Kier alpha value is -2.91. The Balaban J connectivity index is 1.75. The molecule has 196 valence electrons. The van der Waals surface area contributed by atoms with Crippen molar-refractivity contribution in [1.29, 1.82) is 0 Å². The topological polar surface area (TPSA) is 90.4 Å². The van der Waals surface area contributed by atoms with E-state index in [1.54, 1.807) is 9.80 Å². The first kappa shape index (κ1) is 26.2. The number of rotatable bonds is 2. The van der Waals surface area contributed by atoms with Gasteiger partial charge < -0.3 is 18.9 Å². The Morgan fingerprint density at radius 3 is 1.97 bits per heavy atom. The van der Waals surface area contributed by atoms with E-state index in [-0.39, 0.29) is 12.1 Å². The number of benzene rings is 1. The van der Waals surface area contributed by atoms with E-state index in [0.29, 0.717) is 45.2 Å². The third-order valence-electron chi connectivity index (χ3n) is 5.98. The molecule has 0 N–H and O–H groups in total. The first-order chi connectivity index (χ1) is 16.9. The molecule has 2 atom stereocenters. The molecule has 36 heavy (non-hydrogen) atoms. The molecule has 2 unspecified atom stereocenters. The Kier molecular flexibility index (Phi) is 7.43. The summed E-state index contributed by atoms with van der Waals surface area (Å²) in [5.41, 5.74) is 1.13. The number of ether oxygens (including phenoxy) is 4. The highest BCUT2D eigenvalue weighted by atomic mass is 16.6. The molecule has 2 aliphatic rings. The van der Waals surface area contributed by atoms with Crippen molar-refractivity contribution in [2.45, 2.75) is 64.8 Å². The molecule has 4 rings (SSSR count). The second kappa shape index (κ2) is 10.2. The number of hydrogen-bond acceptors (Lipinski definition) is 7. The van der Waals surface area contributed by atoms with Gasteiger partial charge in [-0.2, -0.15) is 0 Å². The normalized spacial score (nSPS) is 21.4. The maximum atomic E-state index is 13.1. The number of para-hydroxylation sites is 1. The molecule has 2 aromatic rings. The lowest BCUT2D eigenvalue weighted by Gasteiger charge is -2.38. The van der Waals surface area contributed by atoms with Crippen molar-refractivity contribution in [3.05, 3.63) is 41.6 Å². The summed E-state index contributed by atoms with van der Waals surface area (Å²) in [6, 6.07) is 8.99. The summed E-state index contributed by atoms with van der Waals surface area (Å²) in [6.07, 6.45) is -0.779. The third-order valence-corrected chi connectivity index (χ3v) is 5.98. The summed E-state index contributed by atoms with van der Waals surface area (Å²) in [5.74, 6) is 0. The number of carbonyl (C=O) groups excluding carboxylic acids is 2. The number of hydrogen-bond donors (Lipinski definition) is 0. The second-order valence-corrected chi connectivity index (χ2v) is 11.2. The predicted octanol–water partition coefficient (Wildman–Crippen LogP) is 4.85. The Labute approximate surface area is 212 Å². The van der Waals surface area contributed by atoms with Gasteiger partial charge in [0.05, 0.1) is 43.7 Å². The summed E-state index contributed by atoms with van der Waals surface area (Å²) >= 11 is 0. The monoisotopic (exact) mass is 499 g/mol. The average Bonchev–Trinajstić information content (AvgIpc) is 2.81. The van der Waals surface area contributed by atoms with Gasteiger partial charge in [0.2, 0.25) is 0 Å². The van der Waals surface area contributed by atoms with Crippen molar-refractivity contribution in [2.75, 3.05) is 39.5 Å². The van der Waals surface area contributed by atoms with Crippen LogP contribution in [0.4, 0.5) is 9.59 Å². The van der Waals surface area contributed by atoms with Gasteiger partial charge in [-0.3, -0.25) is 14.8 Å². The zero-order chi connectivity index (χ0) is 26.1. The molecule has 3 heterocycles. The molecule has 1 aromatic carbocycles. The Morgan fingerprint density at radius 2 is 1.39 bits per heavy atom. The van der Waals surface area contributed by atoms with E-state index in [1.807, 2.05) is 71.9 Å². The molecule has 1 aromatic heterocycles. The number of amides is 2. The van der Waals surface area contributed by atoms with Crippen LogP contribution in [0.5, 0.6) is 0 Å². The first-order valence-electron chi connectivity index (χ1n) is 12.5. The van der Waals surface area contributed by atoms with Gasteiger partial charge in [-0.25, -0.2) is 9.59 Å². The van der Waals surface area contributed by atoms with Crippen LogP contribution in [0.25, 0.3) is 10.9 Å². The maximum absolute atomic E-state index is 13.1. The molecule has 2 aliphatic heterocycles. The molecule has 0 spiro atoms. The Morgan fingerprint density at radius 1 is 0.861 bits per heavy atom. The van der Waals surface area contributed by atoms with Crippen LogP contribution in [-0.4, -0.2) is 77.7 Å². The van der Waals surface area contributed by atoms with Crippen LogP contribution in [0.2, 0.25) is 0 Å². The minimum atomic E-state index is -0.616. The summed E-state index contributed by atoms with van der Waals surface area (Å²) in [6.45, 7) is 13.4. The van der Waals surface area contributed by atoms with Gasteiger partial charge in [-0.05, 0) is 59.2 Å². The van der Waals surface area contributed by atoms with E-state index in [2.05, 4.69) is 0 Å². The molecule has 0 saturated carbocycles. The minimum absolute atomic E-state index is 0.307. The van der Waals surface area contributed by atoms with Crippen LogP contribution in [0.3, 0.4) is 0 Å². The average molecular weight is 500 g/mol. The first-order valence-corrected chi connectivity index (χ1v) is 12.5. The molecule has 0 radical (unpaired) electrons. The summed E-state index contributed by atoms with van der Waals surface area (Å²) < 4.78 is 23.0. The molecule has 2 amide bonds. The second-order valence-electron chi connectivity index (χ2n) is 11.2. The van der Waals surface area contributed by atoms with Crippen molar-refractivity contribution in [2.24, 2.45) is 0 Å². The number of fused-ring (bicyclic) bond motifs is 1. The fourth-order valence-corrected chi connectivity index (χ4v) is 4.46. The molecule has 2 saturated heterocycles.